The van der Waals surface area contributed by atoms with Crippen LogP contribution in [-0.4, -0.2) is 109 Å². The molecule has 4 rings (SSSR count). The van der Waals surface area contributed by atoms with Crippen molar-refractivity contribution in [3.63, 3.8) is 0 Å². The molecule has 49 heavy (non-hydrogen) atoms. The zero-order valence-corrected chi connectivity index (χ0v) is 28.4. The van der Waals surface area contributed by atoms with Gasteiger partial charge in [0.1, 0.15) is 36.8 Å². The molecular weight excluding hydrogens is 707 g/mol. The lowest BCUT2D eigenvalue weighted by molar-refractivity contribution is -0.270. The molecule has 21 nitrogen and oxygen atoms in total. The molecule has 0 spiro atoms. The zero-order valence-electron chi connectivity index (χ0n) is 26.6. The van der Waals surface area contributed by atoms with Gasteiger partial charge < -0.3 is 44.3 Å². The number of hydrogen-bond acceptors (Lipinski definition) is 18. The van der Waals surface area contributed by atoms with Crippen LogP contribution in [0, 0.1) is 11.8 Å². The fourth-order valence-corrected chi connectivity index (χ4v) is 7.43. The molecule has 5 N–H and O–H groups in total. The number of halogens is 1. The van der Waals surface area contributed by atoms with E-state index in [1.54, 1.807) is 13.8 Å². The number of aliphatic hydroxyl groups excluding tert-OH is 1. The first-order chi connectivity index (χ1) is 22.8. The number of phosphoric ester groups is 2. The van der Waals surface area contributed by atoms with E-state index in [4.69, 9.17) is 38.5 Å². The second-order valence-electron chi connectivity index (χ2n) is 11.2. The van der Waals surface area contributed by atoms with Gasteiger partial charge in [0.25, 0.3) is 0 Å². The van der Waals surface area contributed by atoms with E-state index in [0.29, 0.717) is 0 Å². The molecular formula is C25H36FN5O16P2. The molecule has 0 radical (unpaired) electrons. The number of rotatable bonds is 13. The smallest absolute Gasteiger partial charge is 0.462 e. The minimum Gasteiger partial charge on any atom is -0.462 e. The Morgan fingerprint density at radius 1 is 1.04 bits per heavy atom. The van der Waals surface area contributed by atoms with Gasteiger partial charge in [-0.2, -0.15) is 4.31 Å². The molecule has 0 amide bonds. The Bertz CT molecular complexity index is 1630. The van der Waals surface area contributed by atoms with Crippen LogP contribution >= 0.6 is 15.6 Å². The lowest BCUT2D eigenvalue weighted by atomic mass is 9.81. The summed E-state index contributed by atoms with van der Waals surface area (Å²) in [6.45, 7) is 4.83. The summed E-state index contributed by atoms with van der Waals surface area (Å²) < 4.78 is 82.8. The van der Waals surface area contributed by atoms with Crippen molar-refractivity contribution < 1.29 is 79.8 Å². The number of aromatic nitrogens is 4. The molecule has 4 heterocycles. The Kier molecular flexibility index (Phi) is 12.1. The van der Waals surface area contributed by atoms with Gasteiger partial charge in [0.15, 0.2) is 36.1 Å². The van der Waals surface area contributed by atoms with Crippen LogP contribution in [0.5, 0.6) is 0 Å². The molecule has 2 aromatic heterocycles. The number of hydrogen-bond donors (Lipinski definition) is 4. The summed E-state index contributed by atoms with van der Waals surface area (Å²) >= 11 is 0. The largest absolute Gasteiger partial charge is 0.483 e. The number of imidazole rings is 1. The van der Waals surface area contributed by atoms with Crippen LogP contribution in [0.1, 0.15) is 40.8 Å². The molecule has 2 aromatic rings. The lowest BCUT2D eigenvalue weighted by Gasteiger charge is -2.45. The third-order valence-corrected chi connectivity index (χ3v) is 10.3. The fraction of sp³-hybridized carbons (Fsp3) is 0.680. The van der Waals surface area contributed by atoms with Crippen molar-refractivity contribution in [1.82, 2.24) is 19.5 Å². The maximum absolute atomic E-state index is 15.0. The second kappa shape index (κ2) is 15.4. The van der Waals surface area contributed by atoms with E-state index in [-0.39, 0.29) is 17.0 Å². The van der Waals surface area contributed by atoms with Gasteiger partial charge in [-0.1, -0.05) is 13.8 Å². The average Bonchev–Trinajstić information content (AvgIpc) is 3.54. The van der Waals surface area contributed by atoms with E-state index in [0.717, 1.165) is 38.0 Å². The highest BCUT2D eigenvalue weighted by Gasteiger charge is 2.52. The number of nitrogen functional groups attached to an aromatic ring is 1. The number of alkyl halides is 1. The minimum atomic E-state index is -5.67. The highest BCUT2D eigenvalue weighted by atomic mass is 31.3. The van der Waals surface area contributed by atoms with Gasteiger partial charge in [0.2, 0.25) is 6.29 Å². The number of carbonyl (C=O) groups excluding carboxylic acids is 3. The maximum Gasteiger partial charge on any atom is 0.483 e. The van der Waals surface area contributed by atoms with Crippen LogP contribution in [0.3, 0.4) is 0 Å². The van der Waals surface area contributed by atoms with Crippen LogP contribution in [0.2, 0.25) is 0 Å². The molecule has 24 heteroatoms. The second-order valence-corrected chi connectivity index (χ2v) is 14.2. The summed E-state index contributed by atoms with van der Waals surface area (Å²) in [5.74, 6) is -3.71. The first-order valence-electron chi connectivity index (χ1n) is 14.5. The van der Waals surface area contributed by atoms with Crippen molar-refractivity contribution >= 4 is 50.5 Å². The molecule has 2 fully saturated rings. The number of nitrogens with zero attached hydrogens (tertiary/aromatic N) is 4. The Balaban J connectivity index is 1.45. The van der Waals surface area contributed by atoms with Crippen molar-refractivity contribution in [2.75, 3.05) is 18.9 Å². The number of esters is 3. The molecule has 12 atom stereocenters. The molecule has 5 unspecified atom stereocenters. The fourth-order valence-electron chi connectivity index (χ4n) is 5.28. The predicted octanol–water partition coefficient (Wildman–Crippen LogP) is 0.679. The Labute approximate surface area is 277 Å². The molecule has 2 saturated heterocycles. The van der Waals surface area contributed by atoms with Crippen molar-refractivity contribution in [3.05, 3.63) is 12.7 Å². The van der Waals surface area contributed by atoms with E-state index >= 15 is 4.39 Å². The summed E-state index contributed by atoms with van der Waals surface area (Å²) in [6.07, 6.45) is -10.8. The van der Waals surface area contributed by atoms with E-state index in [1.807, 2.05) is 0 Å². The van der Waals surface area contributed by atoms with Gasteiger partial charge in [-0.3, -0.25) is 28.0 Å². The van der Waals surface area contributed by atoms with E-state index in [1.165, 1.54) is 0 Å². The van der Waals surface area contributed by atoms with E-state index < -0.39 is 108 Å². The molecule has 0 aromatic carbocycles. The minimum absolute atomic E-state index is 0.00504. The lowest BCUT2D eigenvalue weighted by Crippen LogP contribution is -2.56. The van der Waals surface area contributed by atoms with Gasteiger partial charge in [-0.05, 0) is 5.92 Å². The van der Waals surface area contributed by atoms with Gasteiger partial charge in [0, 0.05) is 26.7 Å². The number of nitrogens with two attached hydrogens (primary N) is 1. The summed E-state index contributed by atoms with van der Waals surface area (Å²) in [7, 11) is -11.2. The first kappa shape index (κ1) is 38.6. The Morgan fingerprint density at radius 3 is 2.37 bits per heavy atom. The molecule has 0 saturated carbocycles. The summed E-state index contributed by atoms with van der Waals surface area (Å²) in [5.41, 5.74) is 5.98. The third-order valence-electron chi connectivity index (χ3n) is 7.66. The van der Waals surface area contributed by atoms with E-state index in [9.17, 15) is 38.4 Å². The van der Waals surface area contributed by atoms with Crippen molar-refractivity contribution in [3.8, 4) is 0 Å². The van der Waals surface area contributed by atoms with Crippen LogP contribution in [0.15, 0.2) is 12.7 Å². The van der Waals surface area contributed by atoms with Gasteiger partial charge in [-0.15, -0.1) is 0 Å². The summed E-state index contributed by atoms with van der Waals surface area (Å²) in [5, 5.41) is 10.5. The Hall–Kier alpha value is -3.17. The van der Waals surface area contributed by atoms with Crippen molar-refractivity contribution in [1.29, 1.82) is 0 Å². The predicted molar refractivity (Wildman–Crippen MR) is 157 cm³/mol. The maximum atomic E-state index is 15.0. The SMILES string of the molecule is CC(=O)OC[C@@H](OC(C)=O)C1OC(OP(=O)(O)OP(=O)(O)OC[C@H]2O[C@@H](n3cnc4c(N)ncnc43)[C@@H](O)C2F)[C@H](OC(C)=O)[C@@H](C)[C@@H]1C. The van der Waals surface area contributed by atoms with Gasteiger partial charge in [-0.25, -0.2) is 28.5 Å². The highest BCUT2D eigenvalue weighted by molar-refractivity contribution is 7.61. The number of carbonyl (C=O) groups is 3. The standard InChI is InChI=1S/C25H36FN5O16P2/c1-10-11(2)21(43-14(5)34)25(45-20(10)16(42-13(4)33)6-40-12(3)32)46-49(38,39)47-48(36,37)41-7-15-17(26)19(35)24(44-15)31-9-30-18-22(27)28-8-29-23(18)31/h8-11,15-17,19-21,24-25,35H,6-7H2,1-5H3,(H,36,37)(H,38,39)(H2,27,28,29)/t10-,11-,15+,16+,17?,19-,20?,21+,24+,25?/m0/s1. The van der Waals surface area contributed by atoms with Gasteiger partial charge in [0.05, 0.1) is 12.9 Å². The number of ether oxygens (including phenoxy) is 5. The number of anilines is 1. The average molecular weight is 744 g/mol. The monoisotopic (exact) mass is 743 g/mol. The normalized spacial score (nSPS) is 31.7. The number of aliphatic hydroxyl groups is 1. The van der Waals surface area contributed by atoms with Crippen LogP contribution in [0.4, 0.5) is 10.2 Å². The first-order valence-corrected chi connectivity index (χ1v) is 17.5. The zero-order chi connectivity index (χ0) is 36.4. The molecule has 2 aliphatic rings. The van der Waals surface area contributed by atoms with Gasteiger partial charge >= 0.3 is 33.6 Å². The van der Waals surface area contributed by atoms with Crippen molar-refractivity contribution in [2.24, 2.45) is 11.8 Å². The topological polar surface area (TPSA) is 290 Å². The van der Waals surface area contributed by atoms with Crippen LogP contribution < -0.4 is 5.73 Å². The van der Waals surface area contributed by atoms with Crippen LogP contribution in [0.25, 0.3) is 11.2 Å². The molecule has 0 aliphatic carbocycles. The molecule has 274 valence electrons. The summed E-state index contributed by atoms with van der Waals surface area (Å²) in [4.78, 5) is 67.6. The molecule has 0 bridgehead atoms. The Morgan fingerprint density at radius 2 is 1.73 bits per heavy atom. The highest BCUT2D eigenvalue weighted by Crippen LogP contribution is 2.62. The van der Waals surface area contributed by atoms with E-state index in [2.05, 4.69) is 19.3 Å². The molecule has 2 aliphatic heterocycles. The van der Waals surface area contributed by atoms with Crippen molar-refractivity contribution in [2.45, 2.75) is 83.8 Å². The third kappa shape index (κ3) is 9.34. The summed E-state index contributed by atoms with van der Waals surface area (Å²) in [6, 6.07) is 0. The number of phosphoric acid groups is 2. The van der Waals surface area contributed by atoms with Crippen LogP contribution in [-0.2, 0) is 60.6 Å². The number of fused-ring (bicyclic) bond motifs is 1. The quantitative estimate of drug-likeness (QED) is 0.125.